The van der Waals surface area contributed by atoms with Crippen molar-refractivity contribution < 1.29 is 14.3 Å². The molecule has 1 aromatic carbocycles. The molecule has 1 aromatic heterocycles. The van der Waals surface area contributed by atoms with Crippen LogP contribution in [0.5, 0.6) is 11.5 Å². The SMILES string of the molecule is COc1cc(CCCN)ccc1OC(=O)c1cccs1. The fourth-order valence-electron chi connectivity index (χ4n) is 1.80. The summed E-state index contributed by atoms with van der Waals surface area (Å²) in [7, 11) is 1.56. The van der Waals surface area contributed by atoms with Gasteiger partial charge >= 0.3 is 5.97 Å². The Kier molecular flexibility index (Phi) is 5.15. The van der Waals surface area contributed by atoms with E-state index in [0.29, 0.717) is 22.9 Å². The van der Waals surface area contributed by atoms with Crippen LogP contribution < -0.4 is 15.2 Å². The molecule has 0 fully saturated rings. The van der Waals surface area contributed by atoms with Crippen LogP contribution in [0.1, 0.15) is 21.7 Å². The lowest BCUT2D eigenvalue weighted by Gasteiger charge is -2.10. The Balaban J connectivity index is 2.13. The maximum absolute atomic E-state index is 11.9. The molecule has 0 aliphatic carbocycles. The molecule has 1 heterocycles. The zero-order valence-corrected chi connectivity index (χ0v) is 12.1. The number of benzene rings is 1. The van der Waals surface area contributed by atoms with E-state index in [1.54, 1.807) is 19.2 Å². The monoisotopic (exact) mass is 291 g/mol. The van der Waals surface area contributed by atoms with Crippen LogP contribution in [0, 0.1) is 0 Å². The average Bonchev–Trinajstić information content (AvgIpc) is 3.00. The van der Waals surface area contributed by atoms with Gasteiger partial charge in [0.15, 0.2) is 11.5 Å². The molecule has 0 aliphatic heterocycles. The van der Waals surface area contributed by atoms with Crippen LogP contribution in [-0.4, -0.2) is 19.6 Å². The zero-order chi connectivity index (χ0) is 14.4. The highest BCUT2D eigenvalue weighted by atomic mass is 32.1. The third-order valence-corrected chi connectivity index (χ3v) is 3.67. The number of carbonyl (C=O) groups excluding carboxylic acids is 1. The predicted molar refractivity (Wildman–Crippen MR) is 79.6 cm³/mol. The average molecular weight is 291 g/mol. The normalized spacial score (nSPS) is 10.3. The Bertz CT molecular complexity index is 567. The van der Waals surface area contributed by atoms with Gasteiger partial charge < -0.3 is 15.2 Å². The first-order valence-electron chi connectivity index (χ1n) is 6.37. The molecule has 0 saturated carbocycles. The van der Waals surface area contributed by atoms with Gasteiger partial charge in [0.25, 0.3) is 0 Å². The van der Waals surface area contributed by atoms with Crippen LogP contribution in [0.25, 0.3) is 0 Å². The minimum atomic E-state index is -0.368. The molecular weight excluding hydrogens is 274 g/mol. The molecule has 0 unspecified atom stereocenters. The Morgan fingerprint density at radius 2 is 2.15 bits per heavy atom. The molecule has 0 saturated heterocycles. The second-order valence-electron chi connectivity index (χ2n) is 4.24. The van der Waals surface area contributed by atoms with Gasteiger partial charge in [0, 0.05) is 0 Å². The molecular formula is C15H17NO3S. The highest BCUT2D eigenvalue weighted by Crippen LogP contribution is 2.29. The van der Waals surface area contributed by atoms with Gasteiger partial charge in [0.2, 0.25) is 0 Å². The smallest absolute Gasteiger partial charge is 0.353 e. The van der Waals surface area contributed by atoms with E-state index in [4.69, 9.17) is 15.2 Å². The zero-order valence-electron chi connectivity index (χ0n) is 11.3. The third-order valence-electron chi connectivity index (χ3n) is 2.82. The molecule has 2 rings (SSSR count). The van der Waals surface area contributed by atoms with E-state index in [-0.39, 0.29) is 5.97 Å². The van der Waals surface area contributed by atoms with E-state index < -0.39 is 0 Å². The van der Waals surface area contributed by atoms with E-state index in [1.165, 1.54) is 11.3 Å². The van der Waals surface area contributed by atoms with Crippen molar-refractivity contribution in [3.05, 3.63) is 46.2 Å². The summed E-state index contributed by atoms with van der Waals surface area (Å²) in [5.74, 6) is 0.625. The van der Waals surface area contributed by atoms with E-state index >= 15 is 0 Å². The molecule has 2 N–H and O–H groups in total. The van der Waals surface area contributed by atoms with Crippen molar-refractivity contribution in [2.75, 3.05) is 13.7 Å². The van der Waals surface area contributed by atoms with Gasteiger partial charge in [-0.25, -0.2) is 4.79 Å². The maximum Gasteiger partial charge on any atom is 0.353 e. The minimum absolute atomic E-state index is 0.368. The summed E-state index contributed by atoms with van der Waals surface area (Å²) in [6.07, 6.45) is 1.80. The van der Waals surface area contributed by atoms with E-state index in [2.05, 4.69) is 0 Å². The second kappa shape index (κ2) is 7.07. The number of esters is 1. The molecule has 0 aliphatic rings. The second-order valence-corrected chi connectivity index (χ2v) is 5.19. The van der Waals surface area contributed by atoms with Crippen molar-refractivity contribution in [2.24, 2.45) is 5.73 Å². The van der Waals surface area contributed by atoms with E-state index in [9.17, 15) is 4.79 Å². The van der Waals surface area contributed by atoms with Gasteiger partial charge in [-0.05, 0) is 48.5 Å². The van der Waals surface area contributed by atoms with Crippen molar-refractivity contribution >= 4 is 17.3 Å². The highest BCUT2D eigenvalue weighted by molar-refractivity contribution is 7.12. The Hall–Kier alpha value is -1.85. The summed E-state index contributed by atoms with van der Waals surface area (Å²) in [5.41, 5.74) is 6.61. The van der Waals surface area contributed by atoms with Crippen molar-refractivity contribution in [1.29, 1.82) is 0 Å². The molecule has 4 nitrogen and oxygen atoms in total. The third kappa shape index (κ3) is 3.59. The molecule has 20 heavy (non-hydrogen) atoms. The fraction of sp³-hybridized carbons (Fsp3) is 0.267. The Labute approximate surface area is 122 Å². The van der Waals surface area contributed by atoms with Gasteiger partial charge in [-0.15, -0.1) is 11.3 Å². The highest BCUT2D eigenvalue weighted by Gasteiger charge is 2.13. The summed E-state index contributed by atoms with van der Waals surface area (Å²) < 4.78 is 10.6. The topological polar surface area (TPSA) is 61.6 Å². The van der Waals surface area contributed by atoms with Crippen LogP contribution in [-0.2, 0) is 6.42 Å². The van der Waals surface area contributed by atoms with Crippen molar-refractivity contribution in [3.63, 3.8) is 0 Å². The van der Waals surface area contributed by atoms with E-state index in [0.717, 1.165) is 18.4 Å². The first-order chi connectivity index (χ1) is 9.74. The standard InChI is InChI=1S/C15H17NO3S/c1-18-13-10-11(4-2-8-16)6-7-12(13)19-15(17)14-5-3-9-20-14/h3,5-7,9-10H,2,4,8,16H2,1H3. The lowest BCUT2D eigenvalue weighted by Crippen LogP contribution is -2.07. The van der Waals surface area contributed by atoms with Gasteiger partial charge in [0.05, 0.1) is 7.11 Å². The van der Waals surface area contributed by atoms with Crippen LogP contribution in [0.15, 0.2) is 35.7 Å². The number of carbonyl (C=O) groups is 1. The molecule has 0 bridgehead atoms. The summed E-state index contributed by atoms with van der Waals surface area (Å²) in [5, 5.41) is 1.84. The summed E-state index contributed by atoms with van der Waals surface area (Å²) >= 11 is 1.35. The summed E-state index contributed by atoms with van der Waals surface area (Å²) in [6.45, 7) is 0.650. The molecule has 0 radical (unpaired) electrons. The van der Waals surface area contributed by atoms with Crippen molar-refractivity contribution in [2.45, 2.75) is 12.8 Å². The first kappa shape index (κ1) is 14.6. The number of hydrogen-bond acceptors (Lipinski definition) is 5. The van der Waals surface area contributed by atoms with Gasteiger partial charge in [-0.1, -0.05) is 12.1 Å². The Morgan fingerprint density at radius 1 is 1.30 bits per heavy atom. The lowest BCUT2D eigenvalue weighted by atomic mass is 10.1. The number of ether oxygens (including phenoxy) is 2. The minimum Gasteiger partial charge on any atom is -0.493 e. The van der Waals surface area contributed by atoms with Gasteiger partial charge in [-0.2, -0.15) is 0 Å². The lowest BCUT2D eigenvalue weighted by molar-refractivity contribution is 0.0735. The van der Waals surface area contributed by atoms with Gasteiger partial charge in [-0.3, -0.25) is 0 Å². The largest absolute Gasteiger partial charge is 0.493 e. The Morgan fingerprint density at radius 3 is 2.80 bits per heavy atom. The van der Waals surface area contributed by atoms with E-state index in [1.807, 2.05) is 23.6 Å². The molecule has 0 atom stereocenters. The molecule has 106 valence electrons. The number of methoxy groups -OCH3 is 1. The number of rotatable bonds is 6. The predicted octanol–water partition coefficient (Wildman–Crippen LogP) is 2.87. The van der Waals surface area contributed by atoms with Gasteiger partial charge in [0.1, 0.15) is 4.88 Å². The molecule has 0 spiro atoms. The van der Waals surface area contributed by atoms with Crippen LogP contribution >= 0.6 is 11.3 Å². The van der Waals surface area contributed by atoms with Crippen LogP contribution in [0.4, 0.5) is 0 Å². The fourth-order valence-corrected chi connectivity index (χ4v) is 2.40. The molecule has 5 heteroatoms. The maximum atomic E-state index is 11.9. The first-order valence-corrected chi connectivity index (χ1v) is 7.25. The molecule has 2 aromatic rings. The molecule has 0 amide bonds. The van der Waals surface area contributed by atoms with Crippen molar-refractivity contribution in [1.82, 2.24) is 0 Å². The number of aryl methyl sites for hydroxylation is 1. The van der Waals surface area contributed by atoms with Crippen molar-refractivity contribution in [3.8, 4) is 11.5 Å². The van der Waals surface area contributed by atoms with Crippen LogP contribution in [0.3, 0.4) is 0 Å². The number of nitrogens with two attached hydrogens (primary N) is 1. The quantitative estimate of drug-likeness (QED) is 0.656. The summed E-state index contributed by atoms with van der Waals surface area (Å²) in [4.78, 5) is 12.5. The number of thiophene rings is 1. The summed E-state index contributed by atoms with van der Waals surface area (Å²) in [6, 6.07) is 9.11. The van der Waals surface area contributed by atoms with Crippen LogP contribution in [0.2, 0.25) is 0 Å². The number of hydrogen-bond donors (Lipinski definition) is 1.